The molecule has 0 amide bonds. The van der Waals surface area contributed by atoms with Crippen LogP contribution in [-0.4, -0.2) is 5.66 Å². The number of hydrogen-bond acceptors (Lipinski definition) is 0. The van der Waals surface area contributed by atoms with Crippen LogP contribution in [0.4, 0.5) is 0 Å². The molecule has 1 aliphatic carbocycles. The quantitative estimate of drug-likeness (QED) is 0.288. The normalized spacial score (nSPS) is 18.6. The molecule has 0 nitrogen and oxygen atoms in total. The van der Waals surface area contributed by atoms with Gasteiger partial charge in [-0.3, -0.25) is 0 Å². The number of halogens is 1. The fourth-order valence-electron chi connectivity index (χ4n) is 5.72. The average molecular weight is 520 g/mol. The van der Waals surface area contributed by atoms with Crippen LogP contribution < -0.4 is 15.9 Å². The second-order valence-electron chi connectivity index (χ2n) is 10.1. The van der Waals surface area contributed by atoms with Gasteiger partial charge in [-0.2, -0.15) is 0 Å². The number of allylic oxidation sites excluding steroid dienone is 4. The molecule has 1 atom stereocenters. The molecule has 2 heteroatoms. The van der Waals surface area contributed by atoms with Crippen molar-refractivity contribution < 1.29 is 0 Å². The van der Waals surface area contributed by atoms with E-state index in [0.717, 1.165) is 0 Å². The summed E-state index contributed by atoms with van der Waals surface area (Å²) in [5.74, 6) is 0. The van der Waals surface area contributed by atoms with Gasteiger partial charge in [-0.15, -0.1) is 0 Å². The first-order valence-corrected chi connectivity index (χ1v) is 16.4. The minimum absolute atomic E-state index is 0.230. The fourth-order valence-corrected chi connectivity index (χ4v) is 13.2. The molecule has 0 radical (unpaired) electrons. The zero-order chi connectivity index (χ0) is 23.6. The summed E-state index contributed by atoms with van der Waals surface area (Å²) in [4.78, 5) is 0. The van der Waals surface area contributed by atoms with Gasteiger partial charge in [0.05, 0.1) is 0 Å². The number of hydrogen-bond donors (Lipinski definition) is 0. The first-order valence-electron chi connectivity index (χ1n) is 12.1. The van der Waals surface area contributed by atoms with E-state index in [1.807, 2.05) is 0 Å². The number of rotatable bonds is 6. The second kappa shape index (κ2) is 9.36. The van der Waals surface area contributed by atoms with Crippen LogP contribution in [0.5, 0.6) is 0 Å². The molecular weight excluding hydrogens is 483 g/mol. The average Bonchev–Trinajstić information content (AvgIpc) is 2.84. The summed E-state index contributed by atoms with van der Waals surface area (Å²) in [6.07, 6.45) is 8.71. The van der Waals surface area contributed by atoms with Crippen LogP contribution in [0.1, 0.15) is 47.0 Å². The SMILES string of the molecule is CC1=C(C=CC(C)P(Br)(c2ccccc2)(c2ccccc2)c2ccccc2)C(C)(C)CCC1. The molecule has 0 saturated carbocycles. The molecule has 172 valence electrons. The van der Waals surface area contributed by atoms with Crippen molar-refractivity contribution in [1.29, 1.82) is 0 Å². The van der Waals surface area contributed by atoms with Crippen molar-refractivity contribution in [2.45, 2.75) is 52.6 Å². The van der Waals surface area contributed by atoms with Crippen LogP contribution in [0.15, 0.2) is 114 Å². The van der Waals surface area contributed by atoms with Crippen molar-refractivity contribution in [1.82, 2.24) is 0 Å². The molecule has 33 heavy (non-hydrogen) atoms. The Morgan fingerprint density at radius 2 is 1.21 bits per heavy atom. The number of benzene rings is 3. The Morgan fingerprint density at radius 1 is 0.788 bits per heavy atom. The third kappa shape index (κ3) is 4.09. The molecule has 0 aromatic heterocycles. The van der Waals surface area contributed by atoms with Gasteiger partial charge in [0, 0.05) is 0 Å². The third-order valence-electron chi connectivity index (χ3n) is 7.63. The summed E-state index contributed by atoms with van der Waals surface area (Å²) in [5.41, 5.74) is 3.56. The topological polar surface area (TPSA) is 0 Å². The molecule has 0 spiro atoms. The van der Waals surface area contributed by atoms with Crippen LogP contribution in [-0.2, 0) is 0 Å². The summed E-state index contributed by atoms with van der Waals surface area (Å²) in [7, 11) is 0. The first-order chi connectivity index (χ1) is 15.8. The van der Waals surface area contributed by atoms with Gasteiger partial charge in [0.25, 0.3) is 0 Å². The van der Waals surface area contributed by atoms with Crippen molar-refractivity contribution >= 4 is 36.7 Å². The molecule has 3 aromatic carbocycles. The van der Waals surface area contributed by atoms with Crippen LogP contribution in [0.2, 0.25) is 0 Å². The molecule has 0 heterocycles. The molecule has 0 saturated heterocycles. The van der Waals surface area contributed by atoms with E-state index < -0.39 is 5.31 Å². The van der Waals surface area contributed by atoms with Crippen molar-refractivity contribution in [2.75, 3.05) is 0 Å². The van der Waals surface area contributed by atoms with Gasteiger partial charge in [0.15, 0.2) is 0 Å². The maximum atomic E-state index is 4.61. The van der Waals surface area contributed by atoms with Crippen LogP contribution in [0.3, 0.4) is 0 Å². The van der Waals surface area contributed by atoms with Gasteiger partial charge in [0.1, 0.15) is 0 Å². The minimum atomic E-state index is -3.00. The molecule has 0 N–H and O–H groups in total. The molecule has 4 rings (SSSR count). The van der Waals surface area contributed by atoms with E-state index in [1.165, 1.54) is 40.7 Å². The molecule has 1 aliphatic rings. The molecule has 0 aliphatic heterocycles. The predicted octanol–water partition coefficient (Wildman–Crippen LogP) is 8.30. The van der Waals surface area contributed by atoms with Crippen molar-refractivity contribution in [3.8, 4) is 0 Å². The zero-order valence-corrected chi connectivity index (χ0v) is 22.8. The van der Waals surface area contributed by atoms with Gasteiger partial charge in [0.2, 0.25) is 0 Å². The Morgan fingerprint density at radius 3 is 1.61 bits per heavy atom. The fraction of sp³-hybridized carbons (Fsp3) is 0.290. The Balaban J connectivity index is 1.99. The Bertz CT molecular complexity index is 1040. The second-order valence-corrected chi connectivity index (χ2v) is 19.0. The van der Waals surface area contributed by atoms with Crippen LogP contribution >= 0.6 is 20.8 Å². The summed E-state index contributed by atoms with van der Waals surface area (Å²) in [6.45, 7) is 9.53. The molecular formula is C31H36BrP. The van der Waals surface area contributed by atoms with E-state index in [4.69, 9.17) is 0 Å². The van der Waals surface area contributed by atoms with E-state index in [1.54, 1.807) is 5.57 Å². The van der Waals surface area contributed by atoms with Crippen molar-refractivity contribution in [3.63, 3.8) is 0 Å². The van der Waals surface area contributed by atoms with E-state index in [9.17, 15) is 0 Å². The summed E-state index contributed by atoms with van der Waals surface area (Å²) >= 11 is 4.61. The van der Waals surface area contributed by atoms with Gasteiger partial charge in [-0.05, 0) is 0 Å². The molecule has 0 fully saturated rings. The van der Waals surface area contributed by atoms with E-state index in [0.29, 0.717) is 0 Å². The Labute approximate surface area is 208 Å². The standard InChI is InChI=1S/C31H36BrP/c1-25-15-14-24-31(3,4)30(25)23-22-26(2)33(32,27-16-8-5-9-17-27,28-18-10-6-11-19-28)29-20-12-7-13-21-29/h5-13,16-23,26H,14-15,24H2,1-4H3. The van der Waals surface area contributed by atoms with Gasteiger partial charge in [-0.25, -0.2) is 0 Å². The Hall–Kier alpha value is -1.95. The van der Waals surface area contributed by atoms with E-state index in [-0.39, 0.29) is 11.1 Å². The van der Waals surface area contributed by atoms with Crippen LogP contribution in [0, 0.1) is 5.41 Å². The van der Waals surface area contributed by atoms with Crippen molar-refractivity contribution in [2.24, 2.45) is 5.41 Å². The van der Waals surface area contributed by atoms with Gasteiger partial charge in [-0.1, -0.05) is 0 Å². The van der Waals surface area contributed by atoms with E-state index in [2.05, 4.69) is 146 Å². The summed E-state index contributed by atoms with van der Waals surface area (Å²) < 4.78 is 0. The molecule has 3 aromatic rings. The van der Waals surface area contributed by atoms with E-state index >= 15 is 0 Å². The summed E-state index contributed by atoms with van der Waals surface area (Å²) in [6, 6.07) is 33.3. The van der Waals surface area contributed by atoms with Gasteiger partial charge >= 0.3 is 209 Å². The third-order valence-corrected chi connectivity index (χ3v) is 18.9. The monoisotopic (exact) mass is 518 g/mol. The van der Waals surface area contributed by atoms with Crippen LogP contribution in [0.25, 0.3) is 0 Å². The predicted molar refractivity (Wildman–Crippen MR) is 153 cm³/mol. The maximum absolute atomic E-state index is 4.61. The van der Waals surface area contributed by atoms with Crippen molar-refractivity contribution in [3.05, 3.63) is 114 Å². The first kappa shape index (κ1) is 24.2. The van der Waals surface area contributed by atoms with Gasteiger partial charge < -0.3 is 0 Å². The molecule has 1 unspecified atom stereocenters. The Kier molecular flexibility index (Phi) is 6.86. The summed E-state index contributed by atoms with van der Waals surface area (Å²) in [5, 5.41) is 1.10. The zero-order valence-electron chi connectivity index (χ0n) is 20.3. The molecule has 0 bridgehead atoms.